The molecule has 0 aliphatic heterocycles. The molecule has 2 nitrogen and oxygen atoms in total. The Kier molecular flexibility index (Phi) is 5.70. The molecule has 0 saturated heterocycles. The van der Waals surface area contributed by atoms with Gasteiger partial charge in [0, 0.05) is 0 Å². The summed E-state index contributed by atoms with van der Waals surface area (Å²) in [5.41, 5.74) is 2.41. The molecular formula is C16H27FNOP. The maximum atomic E-state index is 13.3. The zero-order chi connectivity index (χ0) is 15.5. The molecule has 20 heavy (non-hydrogen) atoms. The summed E-state index contributed by atoms with van der Waals surface area (Å²) in [5.74, 6) is -0.169. The van der Waals surface area contributed by atoms with E-state index in [4.69, 9.17) is 0 Å². The van der Waals surface area contributed by atoms with Crippen LogP contribution in [0.15, 0.2) is 12.1 Å². The molecule has 114 valence electrons. The molecule has 1 amide bonds. The molecule has 1 aromatic rings. The van der Waals surface area contributed by atoms with Gasteiger partial charge in [0.2, 0.25) is 0 Å². The van der Waals surface area contributed by atoms with Crippen LogP contribution in [0.1, 0.15) is 30.9 Å². The van der Waals surface area contributed by atoms with E-state index < -0.39 is 7.26 Å². The summed E-state index contributed by atoms with van der Waals surface area (Å²) < 4.78 is 13.3. The van der Waals surface area contributed by atoms with Crippen molar-refractivity contribution >= 4 is 18.9 Å². The van der Waals surface area contributed by atoms with Crippen molar-refractivity contribution in [2.24, 2.45) is 0 Å². The predicted octanol–water partition coefficient (Wildman–Crippen LogP) is 4.19. The van der Waals surface area contributed by atoms with E-state index in [1.807, 2.05) is 13.8 Å². The molecule has 0 radical (unpaired) electrons. The van der Waals surface area contributed by atoms with Gasteiger partial charge >= 0.3 is 122 Å². The molecule has 0 spiro atoms. The standard InChI is InChI=1S/C16H27FNOP/c1-7-8-14(20(4,5)6)16(19)18-15-11(2)9-13(17)10-12(15)3/h9-10,14,20H,7-8H2,1-6H3,(H,18,19). The summed E-state index contributed by atoms with van der Waals surface area (Å²) in [6, 6.07) is 2.93. The summed E-state index contributed by atoms with van der Waals surface area (Å²) in [4.78, 5) is 12.6. The number of amides is 1. The third-order valence-electron chi connectivity index (χ3n) is 3.68. The number of carbonyl (C=O) groups excluding carboxylic acids is 1. The molecule has 0 aliphatic carbocycles. The first-order valence-electron chi connectivity index (χ1n) is 7.24. The number of hydrogen-bond donors (Lipinski definition) is 1. The van der Waals surface area contributed by atoms with Crippen LogP contribution < -0.4 is 5.32 Å². The molecule has 1 rings (SSSR count). The van der Waals surface area contributed by atoms with Gasteiger partial charge in [0.05, 0.1) is 0 Å². The Labute approximate surface area is 122 Å². The molecule has 1 N–H and O–H groups in total. The second-order valence-electron chi connectivity index (χ2n) is 6.61. The van der Waals surface area contributed by atoms with E-state index in [0.29, 0.717) is 0 Å². The van der Waals surface area contributed by atoms with Gasteiger partial charge in [-0.3, -0.25) is 0 Å². The quantitative estimate of drug-likeness (QED) is 0.812. The summed E-state index contributed by atoms with van der Waals surface area (Å²) in [6.07, 6.45) is 1.92. The van der Waals surface area contributed by atoms with E-state index in [1.54, 1.807) is 0 Å². The van der Waals surface area contributed by atoms with E-state index in [9.17, 15) is 9.18 Å². The Bertz CT molecular complexity index is 471. The number of nitrogens with one attached hydrogen (secondary N) is 1. The predicted molar refractivity (Wildman–Crippen MR) is 89.3 cm³/mol. The number of hydrogen-bond acceptors (Lipinski definition) is 1. The first-order valence-corrected chi connectivity index (χ1v) is 10.8. The Balaban J connectivity index is 3.00. The van der Waals surface area contributed by atoms with Crippen molar-refractivity contribution in [3.8, 4) is 0 Å². The molecule has 1 atom stereocenters. The third-order valence-corrected chi connectivity index (χ3v) is 6.33. The molecular weight excluding hydrogens is 272 g/mol. The van der Waals surface area contributed by atoms with Crippen molar-refractivity contribution in [1.82, 2.24) is 0 Å². The van der Waals surface area contributed by atoms with Gasteiger partial charge in [0.15, 0.2) is 0 Å². The average Bonchev–Trinajstić information content (AvgIpc) is 2.28. The van der Waals surface area contributed by atoms with Gasteiger partial charge in [-0.25, -0.2) is 0 Å². The van der Waals surface area contributed by atoms with Crippen LogP contribution in [0.2, 0.25) is 0 Å². The summed E-state index contributed by atoms with van der Waals surface area (Å²) in [7, 11) is -1.56. The van der Waals surface area contributed by atoms with Crippen LogP contribution >= 0.6 is 7.26 Å². The Morgan fingerprint density at radius 1 is 1.25 bits per heavy atom. The minimum absolute atomic E-state index is 0.0869. The van der Waals surface area contributed by atoms with E-state index in [2.05, 4.69) is 32.2 Å². The number of anilines is 1. The summed E-state index contributed by atoms with van der Waals surface area (Å²) in [5, 5.41) is 3.03. The third kappa shape index (κ3) is 4.28. The van der Waals surface area contributed by atoms with Gasteiger partial charge in [0.25, 0.3) is 0 Å². The van der Waals surface area contributed by atoms with Crippen LogP contribution in [-0.2, 0) is 4.79 Å². The van der Waals surface area contributed by atoms with Crippen LogP contribution in [-0.4, -0.2) is 31.6 Å². The second kappa shape index (κ2) is 6.67. The number of rotatable bonds is 5. The fourth-order valence-electron chi connectivity index (χ4n) is 2.56. The average molecular weight is 299 g/mol. The van der Waals surface area contributed by atoms with Crippen LogP contribution in [0.3, 0.4) is 0 Å². The summed E-state index contributed by atoms with van der Waals surface area (Å²) in [6.45, 7) is 12.4. The number of halogens is 1. The normalized spacial score (nSPS) is 13.9. The van der Waals surface area contributed by atoms with Crippen LogP contribution in [0, 0.1) is 19.7 Å². The van der Waals surface area contributed by atoms with Crippen LogP contribution in [0.5, 0.6) is 0 Å². The van der Waals surface area contributed by atoms with E-state index in [1.165, 1.54) is 12.1 Å². The van der Waals surface area contributed by atoms with Gasteiger partial charge < -0.3 is 0 Å². The van der Waals surface area contributed by atoms with Gasteiger partial charge in [0.1, 0.15) is 0 Å². The SMILES string of the molecule is CCCC(C(=O)Nc1c(C)cc(F)cc1C)[PH](C)(C)C. The van der Waals surface area contributed by atoms with Crippen molar-refractivity contribution in [3.05, 3.63) is 29.1 Å². The molecule has 4 heteroatoms. The fourth-order valence-corrected chi connectivity index (χ4v) is 4.58. The number of carbonyl (C=O) groups is 1. The monoisotopic (exact) mass is 299 g/mol. The molecule has 1 unspecified atom stereocenters. The molecule has 0 saturated carbocycles. The topological polar surface area (TPSA) is 29.1 Å². The van der Waals surface area contributed by atoms with Crippen molar-refractivity contribution in [2.75, 3.05) is 25.3 Å². The van der Waals surface area contributed by atoms with E-state index >= 15 is 0 Å². The molecule has 1 aromatic carbocycles. The fraction of sp³-hybridized carbons (Fsp3) is 0.562. The Hall–Kier alpha value is -0.950. The van der Waals surface area contributed by atoms with Gasteiger partial charge in [-0.2, -0.15) is 0 Å². The number of benzene rings is 1. The van der Waals surface area contributed by atoms with Crippen LogP contribution in [0.4, 0.5) is 10.1 Å². The minimum atomic E-state index is -1.56. The maximum absolute atomic E-state index is 13.3. The summed E-state index contributed by atoms with van der Waals surface area (Å²) >= 11 is 0. The van der Waals surface area contributed by atoms with Gasteiger partial charge in [-0.1, -0.05) is 0 Å². The first-order chi connectivity index (χ1) is 9.16. The second-order valence-corrected chi connectivity index (χ2v) is 12.0. The van der Waals surface area contributed by atoms with E-state index in [0.717, 1.165) is 29.7 Å². The van der Waals surface area contributed by atoms with Gasteiger partial charge in [-0.05, 0) is 0 Å². The van der Waals surface area contributed by atoms with E-state index in [-0.39, 0.29) is 17.4 Å². The number of aryl methyl sites for hydroxylation is 2. The Morgan fingerprint density at radius 2 is 1.75 bits per heavy atom. The molecule has 0 aliphatic rings. The molecule has 0 heterocycles. The van der Waals surface area contributed by atoms with Crippen LogP contribution in [0.25, 0.3) is 0 Å². The van der Waals surface area contributed by atoms with Crippen molar-refractivity contribution in [3.63, 3.8) is 0 Å². The zero-order valence-electron chi connectivity index (χ0n) is 13.4. The molecule has 0 bridgehead atoms. The van der Waals surface area contributed by atoms with Crippen molar-refractivity contribution in [1.29, 1.82) is 0 Å². The van der Waals surface area contributed by atoms with Gasteiger partial charge in [-0.15, -0.1) is 0 Å². The Morgan fingerprint density at radius 3 is 2.15 bits per heavy atom. The molecule has 0 aromatic heterocycles. The van der Waals surface area contributed by atoms with Crippen molar-refractivity contribution < 1.29 is 9.18 Å². The van der Waals surface area contributed by atoms with Crippen molar-refractivity contribution in [2.45, 2.75) is 39.3 Å². The molecule has 0 fully saturated rings. The first kappa shape index (κ1) is 17.1. The zero-order valence-corrected chi connectivity index (χ0v) is 14.4.